The van der Waals surface area contributed by atoms with Gasteiger partial charge in [-0.25, -0.2) is 16.8 Å². The minimum atomic E-state index is -3.38. The molecule has 0 unspecified atom stereocenters. The summed E-state index contributed by atoms with van der Waals surface area (Å²) in [7, 11) is -6.64. The highest BCUT2D eigenvalue weighted by molar-refractivity contribution is 7.93. The smallest absolute Gasteiger partial charge is 0.235 e. The maximum absolute atomic E-state index is 11.9. The van der Waals surface area contributed by atoms with Crippen LogP contribution in [0.5, 0.6) is 0 Å². The van der Waals surface area contributed by atoms with Crippen molar-refractivity contribution < 1.29 is 16.8 Å². The minimum absolute atomic E-state index is 0.0291. The summed E-state index contributed by atoms with van der Waals surface area (Å²) >= 11 is 0. The van der Waals surface area contributed by atoms with Crippen molar-refractivity contribution in [2.24, 2.45) is 0 Å². The van der Waals surface area contributed by atoms with Gasteiger partial charge in [0.15, 0.2) is 0 Å². The lowest BCUT2D eigenvalue weighted by Gasteiger charge is -2.19. The third-order valence-electron chi connectivity index (χ3n) is 3.25. The van der Waals surface area contributed by atoms with Gasteiger partial charge in [-0.1, -0.05) is 6.07 Å². The molecule has 0 spiro atoms. The van der Waals surface area contributed by atoms with Crippen LogP contribution in [0.25, 0.3) is 0 Å². The normalized spacial score (nSPS) is 18.2. The first-order chi connectivity index (χ1) is 9.25. The highest BCUT2D eigenvalue weighted by Crippen LogP contribution is 2.28. The standard InChI is InChI=1S/C12H18N2O4S2/c1-3-19(15,16)13-12-9-11(6-5-10(12)2)14-7-4-8-20(14,17)18/h5-6,9,13H,3-4,7-8H2,1-2H3. The molecule has 1 fully saturated rings. The molecule has 1 aromatic carbocycles. The molecule has 0 amide bonds. The van der Waals surface area contributed by atoms with E-state index >= 15 is 0 Å². The van der Waals surface area contributed by atoms with Gasteiger partial charge in [-0.05, 0) is 38.0 Å². The molecule has 1 aromatic rings. The second kappa shape index (κ2) is 5.25. The Morgan fingerprint density at radius 1 is 1.35 bits per heavy atom. The second-order valence-electron chi connectivity index (χ2n) is 4.75. The molecule has 1 aliphatic heterocycles. The van der Waals surface area contributed by atoms with Crippen molar-refractivity contribution in [1.29, 1.82) is 0 Å². The van der Waals surface area contributed by atoms with E-state index in [-0.39, 0.29) is 11.5 Å². The Balaban J connectivity index is 2.39. The maximum atomic E-state index is 11.9. The fourth-order valence-electron chi connectivity index (χ4n) is 2.04. The lowest BCUT2D eigenvalue weighted by atomic mass is 10.2. The number of sulfonamides is 2. The summed E-state index contributed by atoms with van der Waals surface area (Å²) in [5.74, 6) is 0.107. The van der Waals surface area contributed by atoms with Crippen molar-refractivity contribution >= 4 is 31.4 Å². The Hall–Kier alpha value is -1.28. The van der Waals surface area contributed by atoms with Gasteiger partial charge in [-0.2, -0.15) is 0 Å². The first kappa shape index (κ1) is 15.1. The van der Waals surface area contributed by atoms with Gasteiger partial charge in [0.05, 0.1) is 22.9 Å². The summed E-state index contributed by atoms with van der Waals surface area (Å²) in [6.07, 6.45) is 0.590. The molecule has 8 heteroatoms. The number of nitrogens with zero attached hydrogens (tertiary/aromatic N) is 1. The Bertz CT molecular complexity index is 711. The lowest BCUT2D eigenvalue weighted by molar-refractivity contribution is 0.599. The highest BCUT2D eigenvalue weighted by Gasteiger charge is 2.28. The molecule has 0 aliphatic carbocycles. The third-order valence-corrected chi connectivity index (χ3v) is 6.41. The predicted octanol–water partition coefficient (Wildman–Crippen LogP) is 1.30. The first-order valence-electron chi connectivity index (χ1n) is 6.37. The van der Waals surface area contributed by atoms with Gasteiger partial charge in [0, 0.05) is 6.54 Å². The lowest BCUT2D eigenvalue weighted by Crippen LogP contribution is -2.25. The van der Waals surface area contributed by atoms with Crippen molar-refractivity contribution in [3.05, 3.63) is 23.8 Å². The van der Waals surface area contributed by atoms with E-state index in [9.17, 15) is 16.8 Å². The van der Waals surface area contributed by atoms with Gasteiger partial charge >= 0.3 is 0 Å². The zero-order valence-corrected chi connectivity index (χ0v) is 13.1. The van der Waals surface area contributed by atoms with Crippen LogP contribution in [-0.2, 0) is 20.0 Å². The molecule has 6 nitrogen and oxygen atoms in total. The van der Waals surface area contributed by atoms with Crippen LogP contribution in [0.3, 0.4) is 0 Å². The average molecular weight is 318 g/mol. The summed E-state index contributed by atoms with van der Waals surface area (Å²) in [6.45, 7) is 3.76. The molecule has 0 aromatic heterocycles. The van der Waals surface area contributed by atoms with E-state index in [1.165, 1.54) is 4.31 Å². The average Bonchev–Trinajstić information content (AvgIpc) is 2.72. The largest absolute Gasteiger partial charge is 0.283 e. The number of hydrogen-bond acceptors (Lipinski definition) is 4. The van der Waals surface area contributed by atoms with Gasteiger partial charge in [0.25, 0.3) is 0 Å². The van der Waals surface area contributed by atoms with E-state index in [0.717, 1.165) is 5.56 Å². The molecule has 112 valence electrons. The first-order valence-corrected chi connectivity index (χ1v) is 9.63. The van der Waals surface area contributed by atoms with Crippen molar-refractivity contribution in [3.63, 3.8) is 0 Å². The predicted molar refractivity (Wildman–Crippen MR) is 80.0 cm³/mol. The number of anilines is 2. The minimum Gasteiger partial charge on any atom is -0.283 e. The van der Waals surface area contributed by atoms with Crippen LogP contribution in [0.1, 0.15) is 18.9 Å². The maximum Gasteiger partial charge on any atom is 0.235 e. The molecule has 0 bridgehead atoms. The number of aryl methyl sites for hydroxylation is 1. The van der Waals surface area contributed by atoms with Crippen molar-refractivity contribution in [3.8, 4) is 0 Å². The van der Waals surface area contributed by atoms with Crippen LogP contribution in [0.4, 0.5) is 11.4 Å². The highest BCUT2D eigenvalue weighted by atomic mass is 32.2. The summed E-state index contributed by atoms with van der Waals surface area (Å²) in [4.78, 5) is 0. The van der Waals surface area contributed by atoms with Crippen LogP contribution in [0.15, 0.2) is 18.2 Å². The third kappa shape index (κ3) is 3.06. The van der Waals surface area contributed by atoms with Gasteiger partial charge in [0.1, 0.15) is 0 Å². The Kier molecular flexibility index (Phi) is 3.97. The Morgan fingerprint density at radius 3 is 2.60 bits per heavy atom. The van der Waals surface area contributed by atoms with E-state index < -0.39 is 20.0 Å². The van der Waals surface area contributed by atoms with Crippen LogP contribution in [-0.4, -0.2) is 34.9 Å². The summed E-state index contributed by atoms with van der Waals surface area (Å²) in [5.41, 5.74) is 1.68. The van der Waals surface area contributed by atoms with Crippen molar-refractivity contribution in [2.45, 2.75) is 20.3 Å². The van der Waals surface area contributed by atoms with Crippen LogP contribution in [0, 0.1) is 6.92 Å². The van der Waals surface area contributed by atoms with Crippen LogP contribution < -0.4 is 9.03 Å². The zero-order valence-electron chi connectivity index (χ0n) is 11.5. The molecule has 0 saturated carbocycles. The van der Waals surface area contributed by atoms with E-state index in [1.807, 2.05) is 0 Å². The SMILES string of the molecule is CCS(=O)(=O)Nc1cc(N2CCCS2(=O)=O)ccc1C. The number of nitrogens with one attached hydrogen (secondary N) is 1. The van der Waals surface area contributed by atoms with E-state index in [4.69, 9.17) is 0 Å². The molecule has 20 heavy (non-hydrogen) atoms. The fraction of sp³-hybridized carbons (Fsp3) is 0.500. The van der Waals surface area contributed by atoms with E-state index in [2.05, 4.69) is 4.72 Å². The van der Waals surface area contributed by atoms with E-state index in [1.54, 1.807) is 32.0 Å². The quantitative estimate of drug-likeness (QED) is 0.907. The summed E-state index contributed by atoms with van der Waals surface area (Å²) < 4.78 is 50.9. The van der Waals surface area contributed by atoms with Gasteiger partial charge in [-0.3, -0.25) is 9.03 Å². The van der Waals surface area contributed by atoms with E-state index in [0.29, 0.717) is 24.3 Å². The zero-order chi connectivity index (χ0) is 15.0. The molecule has 0 atom stereocenters. The number of benzene rings is 1. The molecule has 0 radical (unpaired) electrons. The molecular formula is C12H18N2O4S2. The van der Waals surface area contributed by atoms with Gasteiger partial charge in [0.2, 0.25) is 20.0 Å². The fourth-order valence-corrected chi connectivity index (χ4v) is 4.30. The molecule has 1 aliphatic rings. The topological polar surface area (TPSA) is 83.6 Å². The Morgan fingerprint density at radius 2 is 2.05 bits per heavy atom. The van der Waals surface area contributed by atoms with Crippen molar-refractivity contribution in [1.82, 2.24) is 0 Å². The second-order valence-corrected chi connectivity index (χ2v) is 8.77. The molecule has 1 N–H and O–H groups in total. The van der Waals surface area contributed by atoms with Gasteiger partial charge < -0.3 is 0 Å². The molecule has 1 saturated heterocycles. The molecular weight excluding hydrogens is 300 g/mol. The number of hydrogen-bond donors (Lipinski definition) is 1. The summed E-state index contributed by atoms with van der Waals surface area (Å²) in [5, 5.41) is 0. The summed E-state index contributed by atoms with van der Waals surface area (Å²) in [6, 6.07) is 4.99. The number of rotatable bonds is 4. The van der Waals surface area contributed by atoms with Gasteiger partial charge in [-0.15, -0.1) is 0 Å². The van der Waals surface area contributed by atoms with Crippen molar-refractivity contribution in [2.75, 3.05) is 27.1 Å². The van der Waals surface area contributed by atoms with Crippen LogP contribution >= 0.6 is 0 Å². The Labute approximate surface area is 119 Å². The molecule has 2 rings (SSSR count). The molecule has 1 heterocycles. The van der Waals surface area contributed by atoms with Crippen LogP contribution in [0.2, 0.25) is 0 Å². The monoisotopic (exact) mass is 318 g/mol.